The summed E-state index contributed by atoms with van der Waals surface area (Å²) in [5.74, 6) is -0.0654. The summed E-state index contributed by atoms with van der Waals surface area (Å²) in [7, 11) is 0. The fourth-order valence-electron chi connectivity index (χ4n) is 4.93. The summed E-state index contributed by atoms with van der Waals surface area (Å²) in [5.41, 5.74) is 1.12. The molecule has 0 bridgehead atoms. The number of nitrogens with zero attached hydrogens (tertiary/aromatic N) is 7. The molecule has 3 aromatic rings. The van der Waals surface area contributed by atoms with E-state index in [0.29, 0.717) is 59.7 Å². The van der Waals surface area contributed by atoms with Crippen LogP contribution in [0, 0.1) is 22.7 Å². The fraction of sp³-hybridized carbons (Fsp3) is 0.444. The third-order valence-corrected chi connectivity index (χ3v) is 7.43. The first kappa shape index (κ1) is 27.2. The standard InChI is InChI=1S/C27H28ClN9O3/c1-15(38)40-27(2,3)25(39)36-8-6-17(7-9-36)20-10-16(12-29)11-21(22(20)28)33-26-34-23(32-18-4-5-18)24-31-14-19(13-30)37(24)35-26/h10-11,14,17-18H,4-9H2,1-3H3,(H2,32,33,34,35). The maximum atomic E-state index is 13.0. The lowest BCUT2D eigenvalue weighted by Gasteiger charge is -2.37. The van der Waals surface area contributed by atoms with E-state index in [0.717, 1.165) is 18.4 Å². The van der Waals surface area contributed by atoms with Gasteiger partial charge in [-0.15, -0.1) is 5.10 Å². The first-order valence-electron chi connectivity index (χ1n) is 13.0. The predicted molar refractivity (Wildman–Crippen MR) is 146 cm³/mol. The van der Waals surface area contributed by atoms with Crippen molar-refractivity contribution in [2.24, 2.45) is 0 Å². The van der Waals surface area contributed by atoms with Crippen LogP contribution in [0.25, 0.3) is 5.65 Å². The van der Waals surface area contributed by atoms with Crippen LogP contribution in [0.2, 0.25) is 5.02 Å². The number of hydrogen-bond donors (Lipinski definition) is 2. The Balaban J connectivity index is 1.40. The number of nitriles is 2. The van der Waals surface area contributed by atoms with Gasteiger partial charge in [0.15, 0.2) is 22.8 Å². The first-order valence-corrected chi connectivity index (χ1v) is 13.4. The minimum Gasteiger partial charge on any atom is -0.450 e. The summed E-state index contributed by atoms with van der Waals surface area (Å²) >= 11 is 6.89. The van der Waals surface area contributed by atoms with Crippen LogP contribution in [0.15, 0.2) is 18.3 Å². The highest BCUT2D eigenvalue weighted by Crippen LogP contribution is 2.39. The van der Waals surface area contributed by atoms with Gasteiger partial charge in [-0.2, -0.15) is 20.0 Å². The van der Waals surface area contributed by atoms with Gasteiger partial charge in [-0.05, 0) is 63.1 Å². The van der Waals surface area contributed by atoms with Crippen molar-refractivity contribution in [1.29, 1.82) is 10.5 Å². The average Bonchev–Trinajstić information content (AvgIpc) is 3.64. The molecule has 1 aliphatic heterocycles. The molecule has 40 heavy (non-hydrogen) atoms. The number of carbonyl (C=O) groups is 2. The Labute approximate surface area is 235 Å². The number of fused-ring (bicyclic) bond motifs is 1. The number of aromatic nitrogens is 4. The number of rotatable bonds is 7. The van der Waals surface area contributed by atoms with Crippen molar-refractivity contribution < 1.29 is 14.3 Å². The molecule has 0 spiro atoms. The van der Waals surface area contributed by atoms with Crippen molar-refractivity contribution >= 4 is 46.6 Å². The molecule has 1 saturated heterocycles. The molecule has 1 saturated carbocycles. The van der Waals surface area contributed by atoms with Crippen LogP contribution in [0.4, 0.5) is 17.5 Å². The summed E-state index contributed by atoms with van der Waals surface area (Å²) in [5, 5.41) is 30.6. The second kappa shape index (κ2) is 10.6. The molecule has 2 fully saturated rings. The average molecular weight is 562 g/mol. The van der Waals surface area contributed by atoms with Gasteiger partial charge in [0.2, 0.25) is 5.95 Å². The Kier molecular flexibility index (Phi) is 7.21. The van der Waals surface area contributed by atoms with Gasteiger partial charge in [-0.1, -0.05) is 11.6 Å². The van der Waals surface area contributed by atoms with Gasteiger partial charge >= 0.3 is 5.97 Å². The van der Waals surface area contributed by atoms with Crippen molar-refractivity contribution in [2.75, 3.05) is 23.7 Å². The van der Waals surface area contributed by atoms with Gasteiger partial charge in [0, 0.05) is 26.1 Å². The van der Waals surface area contributed by atoms with Gasteiger partial charge in [0.25, 0.3) is 5.91 Å². The zero-order chi connectivity index (χ0) is 28.6. The smallest absolute Gasteiger partial charge is 0.303 e. The van der Waals surface area contributed by atoms with E-state index in [9.17, 15) is 20.1 Å². The maximum Gasteiger partial charge on any atom is 0.303 e. The van der Waals surface area contributed by atoms with E-state index in [1.807, 2.05) is 0 Å². The number of likely N-dealkylation sites (tertiary alicyclic amines) is 1. The van der Waals surface area contributed by atoms with Crippen LogP contribution < -0.4 is 10.6 Å². The number of piperidine rings is 1. The molecule has 1 aliphatic carbocycles. The highest BCUT2D eigenvalue weighted by Gasteiger charge is 2.37. The van der Waals surface area contributed by atoms with Crippen LogP contribution in [0.5, 0.6) is 0 Å². The van der Waals surface area contributed by atoms with E-state index in [-0.39, 0.29) is 23.5 Å². The van der Waals surface area contributed by atoms with Crippen molar-refractivity contribution in [3.05, 3.63) is 40.2 Å². The Morgan fingerprint density at radius 3 is 2.50 bits per heavy atom. The highest BCUT2D eigenvalue weighted by atomic mass is 35.5. The molecule has 5 rings (SSSR count). The number of imidazole rings is 1. The Morgan fingerprint density at radius 1 is 1.15 bits per heavy atom. The third kappa shape index (κ3) is 5.49. The molecule has 0 unspecified atom stereocenters. The number of benzene rings is 1. The number of halogens is 1. The van der Waals surface area contributed by atoms with Crippen LogP contribution in [-0.2, 0) is 14.3 Å². The molecule has 12 nitrogen and oxygen atoms in total. The number of nitrogens with one attached hydrogen (secondary N) is 2. The van der Waals surface area contributed by atoms with E-state index in [1.165, 1.54) is 17.6 Å². The zero-order valence-corrected chi connectivity index (χ0v) is 23.1. The summed E-state index contributed by atoms with van der Waals surface area (Å²) < 4.78 is 6.64. The largest absolute Gasteiger partial charge is 0.450 e. The SMILES string of the molecule is CC(=O)OC(C)(C)C(=O)N1CCC(c2cc(C#N)cc(Nc3nc(NC4CC4)c4ncc(C#N)n4n3)c2Cl)CC1. The van der Waals surface area contributed by atoms with E-state index in [2.05, 4.69) is 37.8 Å². The maximum absolute atomic E-state index is 13.0. The van der Waals surface area contributed by atoms with Gasteiger partial charge in [0.05, 0.1) is 28.5 Å². The third-order valence-electron chi connectivity index (χ3n) is 7.01. The molecule has 0 radical (unpaired) electrons. The second-order valence-corrected chi connectivity index (χ2v) is 10.9. The van der Waals surface area contributed by atoms with Gasteiger partial charge in [-0.3, -0.25) is 9.59 Å². The number of amides is 1. The monoisotopic (exact) mass is 561 g/mol. The fourth-order valence-corrected chi connectivity index (χ4v) is 5.24. The van der Waals surface area contributed by atoms with Crippen LogP contribution in [0.1, 0.15) is 69.2 Å². The molecule has 3 heterocycles. The Morgan fingerprint density at radius 2 is 1.88 bits per heavy atom. The number of carbonyl (C=O) groups excluding carboxylic acids is 2. The number of esters is 1. The Bertz CT molecular complexity index is 1570. The molecule has 2 aromatic heterocycles. The first-order chi connectivity index (χ1) is 19.1. The summed E-state index contributed by atoms with van der Waals surface area (Å²) in [6.45, 7) is 5.36. The molecular formula is C27H28ClN9O3. The Hall–Kier alpha value is -4.42. The molecule has 0 atom stereocenters. The van der Waals surface area contributed by atoms with Gasteiger partial charge in [0.1, 0.15) is 6.07 Å². The van der Waals surface area contributed by atoms with E-state index >= 15 is 0 Å². The van der Waals surface area contributed by atoms with Crippen LogP contribution in [0.3, 0.4) is 0 Å². The molecule has 206 valence electrons. The predicted octanol–water partition coefficient (Wildman–Crippen LogP) is 3.89. The topological polar surface area (TPSA) is 161 Å². The highest BCUT2D eigenvalue weighted by molar-refractivity contribution is 6.34. The van der Waals surface area contributed by atoms with E-state index < -0.39 is 11.6 Å². The number of anilines is 3. The molecule has 2 N–H and O–H groups in total. The second-order valence-electron chi connectivity index (χ2n) is 10.5. The zero-order valence-electron chi connectivity index (χ0n) is 22.4. The van der Waals surface area contributed by atoms with Gasteiger partial charge in [-0.25, -0.2) is 4.98 Å². The molecule has 1 amide bonds. The van der Waals surface area contributed by atoms with E-state index in [1.54, 1.807) is 30.9 Å². The summed E-state index contributed by atoms with van der Waals surface area (Å²) in [6, 6.07) is 7.97. The number of hydrogen-bond acceptors (Lipinski definition) is 10. The lowest BCUT2D eigenvalue weighted by atomic mass is 9.87. The van der Waals surface area contributed by atoms with Crippen molar-refractivity contribution in [3.63, 3.8) is 0 Å². The van der Waals surface area contributed by atoms with Gasteiger partial charge < -0.3 is 20.3 Å². The van der Waals surface area contributed by atoms with Crippen LogP contribution >= 0.6 is 11.6 Å². The quantitative estimate of drug-likeness (QED) is 0.405. The normalized spacial score (nSPS) is 15.8. The van der Waals surface area contributed by atoms with Crippen molar-refractivity contribution in [2.45, 2.75) is 64.0 Å². The summed E-state index contributed by atoms with van der Waals surface area (Å²) in [6.07, 6.45) is 4.73. The molecule has 1 aromatic carbocycles. The lowest BCUT2D eigenvalue weighted by molar-refractivity contribution is -0.169. The minimum absolute atomic E-state index is 0.00318. The molecular weight excluding hydrogens is 534 g/mol. The number of ether oxygens (including phenoxy) is 1. The minimum atomic E-state index is -1.25. The lowest BCUT2D eigenvalue weighted by Crippen LogP contribution is -2.50. The molecule has 2 aliphatic rings. The summed E-state index contributed by atoms with van der Waals surface area (Å²) in [4.78, 5) is 35.0. The van der Waals surface area contributed by atoms with Crippen molar-refractivity contribution in [1.82, 2.24) is 24.5 Å². The molecule has 13 heteroatoms. The van der Waals surface area contributed by atoms with Crippen molar-refractivity contribution in [3.8, 4) is 12.1 Å². The van der Waals surface area contributed by atoms with Crippen LogP contribution in [-0.4, -0.2) is 61.1 Å². The van der Waals surface area contributed by atoms with E-state index in [4.69, 9.17) is 16.3 Å².